The van der Waals surface area contributed by atoms with Crippen LogP contribution in [-0.4, -0.2) is 37.6 Å². The van der Waals surface area contributed by atoms with Gasteiger partial charge in [-0.15, -0.1) is 0 Å². The summed E-state index contributed by atoms with van der Waals surface area (Å²) < 4.78 is 28.0. The van der Waals surface area contributed by atoms with Crippen molar-refractivity contribution in [2.45, 2.75) is 52.4 Å². The van der Waals surface area contributed by atoms with E-state index in [0.717, 1.165) is 22.3 Å². The molecule has 0 saturated carbocycles. The molecule has 0 aromatic heterocycles. The number of hydrogen-bond donors (Lipinski definition) is 2. The first-order chi connectivity index (χ1) is 15.0. The monoisotopic (exact) mass is 457 g/mol. The number of nitrogens with one attached hydrogen (secondary N) is 2. The first kappa shape index (κ1) is 23.9. The van der Waals surface area contributed by atoms with Crippen molar-refractivity contribution in [3.05, 3.63) is 52.6 Å². The fourth-order valence-corrected chi connectivity index (χ4v) is 6.24. The van der Waals surface area contributed by atoms with Gasteiger partial charge in [0.15, 0.2) is 0 Å². The molecular weight excluding hydrogens is 426 g/mol. The maximum atomic E-state index is 13.3. The van der Waals surface area contributed by atoms with Crippen molar-refractivity contribution in [2.75, 3.05) is 23.7 Å². The number of sulfonamides is 1. The number of carbonyl (C=O) groups excluding carboxylic acids is 2. The van der Waals surface area contributed by atoms with Gasteiger partial charge in [-0.3, -0.25) is 9.59 Å². The fraction of sp³-hybridized carbons (Fsp3) is 0.417. The molecule has 2 aromatic rings. The first-order valence-electron chi connectivity index (χ1n) is 10.8. The molecule has 0 radical (unpaired) electrons. The number of anilines is 2. The number of aryl methyl sites for hydroxylation is 4. The maximum absolute atomic E-state index is 13.3. The number of benzene rings is 2. The zero-order valence-electron chi connectivity index (χ0n) is 19.3. The van der Waals surface area contributed by atoms with Gasteiger partial charge < -0.3 is 10.6 Å². The summed E-state index contributed by atoms with van der Waals surface area (Å²) in [5.74, 6) is -0.682. The van der Waals surface area contributed by atoms with Crippen LogP contribution >= 0.6 is 0 Å². The van der Waals surface area contributed by atoms with Crippen LogP contribution in [0.3, 0.4) is 0 Å². The summed E-state index contributed by atoms with van der Waals surface area (Å²) in [5.41, 5.74) is 4.57. The molecule has 3 rings (SSSR count). The lowest BCUT2D eigenvalue weighted by atomic mass is 9.97. The Labute approximate surface area is 190 Å². The van der Waals surface area contributed by atoms with E-state index in [1.807, 2.05) is 52.0 Å². The van der Waals surface area contributed by atoms with Gasteiger partial charge in [0.05, 0.1) is 16.3 Å². The molecule has 2 aromatic carbocycles. The van der Waals surface area contributed by atoms with Gasteiger partial charge in [-0.2, -0.15) is 4.31 Å². The Hall–Kier alpha value is -2.71. The van der Waals surface area contributed by atoms with Crippen LogP contribution in [0.4, 0.5) is 11.4 Å². The van der Waals surface area contributed by atoms with Crippen molar-refractivity contribution in [1.82, 2.24) is 4.31 Å². The number of piperidine rings is 1. The Morgan fingerprint density at radius 3 is 2.03 bits per heavy atom. The van der Waals surface area contributed by atoms with E-state index in [1.165, 1.54) is 11.2 Å². The molecule has 1 heterocycles. The van der Waals surface area contributed by atoms with E-state index in [1.54, 1.807) is 6.07 Å². The van der Waals surface area contributed by atoms with Crippen molar-refractivity contribution in [1.29, 1.82) is 0 Å². The van der Waals surface area contributed by atoms with E-state index in [-0.39, 0.29) is 17.7 Å². The lowest BCUT2D eigenvalue weighted by Crippen LogP contribution is -2.41. The lowest BCUT2D eigenvalue weighted by molar-refractivity contribution is -0.121. The van der Waals surface area contributed by atoms with Gasteiger partial charge in [-0.25, -0.2) is 8.42 Å². The minimum Gasteiger partial charge on any atom is -0.325 e. The summed E-state index contributed by atoms with van der Waals surface area (Å²) in [6, 6.07) is 9.20. The largest absolute Gasteiger partial charge is 0.325 e. The lowest BCUT2D eigenvalue weighted by Gasteiger charge is -2.31. The Morgan fingerprint density at radius 1 is 0.875 bits per heavy atom. The fourth-order valence-electron chi connectivity index (χ4n) is 4.36. The predicted molar refractivity (Wildman–Crippen MR) is 126 cm³/mol. The number of hydrogen-bond acceptors (Lipinski definition) is 4. The van der Waals surface area contributed by atoms with E-state index in [2.05, 4.69) is 10.6 Å². The van der Waals surface area contributed by atoms with Gasteiger partial charge in [0.25, 0.3) is 0 Å². The number of carbonyl (C=O) groups is 2. The normalized spacial score (nSPS) is 15.4. The maximum Gasteiger partial charge on any atom is 0.243 e. The molecule has 7 nitrogen and oxygen atoms in total. The third kappa shape index (κ3) is 5.19. The Kier molecular flexibility index (Phi) is 7.05. The average molecular weight is 458 g/mol. The van der Waals surface area contributed by atoms with Crippen molar-refractivity contribution in [2.24, 2.45) is 5.92 Å². The summed E-state index contributed by atoms with van der Waals surface area (Å²) in [5, 5.41) is 5.64. The first-order valence-corrected chi connectivity index (χ1v) is 12.2. The molecule has 1 fully saturated rings. The van der Waals surface area contributed by atoms with Gasteiger partial charge >= 0.3 is 0 Å². The molecule has 32 heavy (non-hydrogen) atoms. The minimum atomic E-state index is -3.62. The quantitative estimate of drug-likeness (QED) is 0.711. The van der Waals surface area contributed by atoms with Gasteiger partial charge in [0.2, 0.25) is 21.8 Å². The highest BCUT2D eigenvalue weighted by atomic mass is 32.2. The molecular formula is C24H31N3O4S. The molecule has 8 heteroatoms. The van der Waals surface area contributed by atoms with Crippen LogP contribution in [0.1, 0.15) is 42.0 Å². The van der Waals surface area contributed by atoms with Crippen LogP contribution in [0.5, 0.6) is 0 Å². The molecule has 0 unspecified atom stereocenters. The topological polar surface area (TPSA) is 95.6 Å². The van der Waals surface area contributed by atoms with Gasteiger partial charge in [0, 0.05) is 25.9 Å². The van der Waals surface area contributed by atoms with Crippen LogP contribution in [0.2, 0.25) is 0 Å². The van der Waals surface area contributed by atoms with Crippen molar-refractivity contribution >= 4 is 33.2 Å². The van der Waals surface area contributed by atoms with E-state index in [4.69, 9.17) is 0 Å². The summed E-state index contributed by atoms with van der Waals surface area (Å²) in [6.07, 6.45) is 0.882. The van der Waals surface area contributed by atoms with Crippen LogP contribution < -0.4 is 10.6 Å². The van der Waals surface area contributed by atoms with Crippen molar-refractivity contribution in [3.63, 3.8) is 0 Å². The molecule has 0 aliphatic carbocycles. The van der Waals surface area contributed by atoms with Crippen molar-refractivity contribution < 1.29 is 18.0 Å². The van der Waals surface area contributed by atoms with Crippen molar-refractivity contribution in [3.8, 4) is 0 Å². The number of rotatable bonds is 5. The predicted octanol–water partition coefficient (Wildman–Crippen LogP) is 3.92. The highest BCUT2D eigenvalue weighted by molar-refractivity contribution is 7.89. The molecule has 0 bridgehead atoms. The summed E-state index contributed by atoms with van der Waals surface area (Å²) >= 11 is 0. The molecule has 2 amide bonds. The minimum absolute atomic E-state index is 0.165. The average Bonchev–Trinajstić information content (AvgIpc) is 2.69. The third-order valence-electron chi connectivity index (χ3n) is 5.77. The Balaban J connectivity index is 1.71. The highest BCUT2D eigenvalue weighted by Crippen LogP contribution is 2.30. The van der Waals surface area contributed by atoms with Crippen LogP contribution in [0.15, 0.2) is 35.2 Å². The second-order valence-electron chi connectivity index (χ2n) is 8.63. The highest BCUT2D eigenvalue weighted by Gasteiger charge is 2.34. The van der Waals surface area contributed by atoms with Gasteiger partial charge in [-0.05, 0) is 69.4 Å². The molecule has 0 spiro atoms. The van der Waals surface area contributed by atoms with Crippen LogP contribution in [0.25, 0.3) is 0 Å². The molecule has 0 atom stereocenters. The number of amides is 2. The summed E-state index contributed by atoms with van der Waals surface area (Å²) in [6.45, 7) is 9.50. The third-order valence-corrected chi connectivity index (χ3v) is 7.98. The summed E-state index contributed by atoms with van der Waals surface area (Å²) in [7, 11) is -3.62. The van der Waals surface area contributed by atoms with Crippen LogP contribution in [-0.2, 0) is 19.6 Å². The number of nitrogens with zero attached hydrogens (tertiary/aromatic N) is 1. The molecule has 1 aliphatic heterocycles. The Bertz CT molecular complexity index is 1130. The van der Waals surface area contributed by atoms with Gasteiger partial charge in [0.1, 0.15) is 0 Å². The second-order valence-corrected chi connectivity index (χ2v) is 10.5. The molecule has 172 valence electrons. The van der Waals surface area contributed by atoms with Crippen LogP contribution in [0, 0.1) is 33.6 Å². The van der Waals surface area contributed by atoms with E-state index in [0.29, 0.717) is 42.2 Å². The summed E-state index contributed by atoms with van der Waals surface area (Å²) in [4.78, 5) is 24.7. The zero-order chi connectivity index (χ0) is 23.6. The second kappa shape index (κ2) is 9.42. The SMILES string of the molecule is CC(=O)Nc1ccc(C)cc1NC(=O)C1CCN(S(=O)(=O)c2c(C)cc(C)cc2C)CC1. The van der Waals surface area contributed by atoms with E-state index in [9.17, 15) is 18.0 Å². The van der Waals surface area contributed by atoms with E-state index >= 15 is 0 Å². The standard InChI is InChI=1S/C24H31N3O4S/c1-15-6-7-21(25-19(5)28)22(14-15)26-24(29)20-8-10-27(11-9-20)32(30,31)23-17(3)12-16(2)13-18(23)4/h6-7,12-14,20H,8-11H2,1-5H3,(H,25,28)(H,26,29). The Morgan fingerprint density at radius 2 is 1.47 bits per heavy atom. The molecule has 1 aliphatic rings. The molecule has 1 saturated heterocycles. The van der Waals surface area contributed by atoms with Gasteiger partial charge in [-0.1, -0.05) is 23.8 Å². The van der Waals surface area contributed by atoms with E-state index < -0.39 is 10.0 Å². The smallest absolute Gasteiger partial charge is 0.243 e. The molecule has 2 N–H and O–H groups in total. The zero-order valence-corrected chi connectivity index (χ0v) is 20.1.